The number of nitrogens with zero attached hydrogens (tertiary/aromatic N) is 2. The van der Waals surface area contributed by atoms with Crippen LogP contribution >= 0.6 is 22.9 Å². The van der Waals surface area contributed by atoms with E-state index in [4.69, 9.17) is 21.4 Å². The fraction of sp³-hybridized carbons (Fsp3) is 0.333. The van der Waals surface area contributed by atoms with Gasteiger partial charge in [-0.1, -0.05) is 11.6 Å². The van der Waals surface area contributed by atoms with E-state index in [-0.39, 0.29) is 18.6 Å². The van der Waals surface area contributed by atoms with E-state index in [9.17, 15) is 4.79 Å². The molecule has 0 saturated carbocycles. The van der Waals surface area contributed by atoms with Crippen LogP contribution in [0.2, 0.25) is 5.02 Å². The number of aromatic nitrogens is 2. The number of hydrogen-bond donors (Lipinski definition) is 3. The van der Waals surface area contributed by atoms with Crippen molar-refractivity contribution >= 4 is 39.9 Å². The molecule has 2 aromatic heterocycles. The fourth-order valence-corrected chi connectivity index (χ4v) is 3.76. The molecule has 0 spiro atoms. The molecule has 4 rings (SSSR count). The number of halogens is 1. The average molecular weight is 407 g/mol. The molecule has 1 aromatic carbocycles. The van der Waals surface area contributed by atoms with Crippen LogP contribution in [0.4, 0.5) is 4.79 Å². The van der Waals surface area contributed by atoms with E-state index in [1.807, 2.05) is 23.6 Å². The molecule has 3 N–H and O–H groups in total. The van der Waals surface area contributed by atoms with Crippen LogP contribution in [-0.2, 0) is 13.2 Å². The molecule has 0 unspecified atom stereocenters. The van der Waals surface area contributed by atoms with Gasteiger partial charge < -0.3 is 25.0 Å². The number of fused-ring (bicyclic) bond motifs is 1. The molecule has 1 aliphatic heterocycles. The number of aromatic amines is 1. The molecule has 27 heavy (non-hydrogen) atoms. The van der Waals surface area contributed by atoms with Crippen molar-refractivity contribution in [3.63, 3.8) is 0 Å². The van der Waals surface area contributed by atoms with Gasteiger partial charge in [0.05, 0.1) is 22.8 Å². The van der Waals surface area contributed by atoms with Crippen molar-refractivity contribution in [2.24, 2.45) is 5.92 Å². The molecule has 0 aliphatic carbocycles. The van der Waals surface area contributed by atoms with Crippen LogP contribution in [0.15, 0.2) is 29.1 Å². The van der Waals surface area contributed by atoms with Crippen LogP contribution in [0, 0.1) is 5.92 Å². The molecule has 0 bridgehead atoms. The second kappa shape index (κ2) is 7.75. The Morgan fingerprint density at radius 3 is 3.04 bits per heavy atom. The number of nitrogens with one attached hydrogen (secondary N) is 2. The predicted molar refractivity (Wildman–Crippen MR) is 104 cm³/mol. The number of hydrogen-bond acceptors (Lipinski definition) is 5. The zero-order valence-corrected chi connectivity index (χ0v) is 16.0. The zero-order valence-electron chi connectivity index (χ0n) is 14.4. The normalized spacial score (nSPS) is 14.4. The van der Waals surface area contributed by atoms with Gasteiger partial charge in [-0.15, -0.1) is 11.3 Å². The first-order chi connectivity index (χ1) is 13.1. The summed E-state index contributed by atoms with van der Waals surface area (Å²) in [6.07, 6.45) is 0. The number of amides is 2. The van der Waals surface area contributed by atoms with Crippen LogP contribution in [0.1, 0.15) is 11.4 Å². The smallest absolute Gasteiger partial charge is 0.317 e. The summed E-state index contributed by atoms with van der Waals surface area (Å²) in [5, 5.41) is 15.3. The van der Waals surface area contributed by atoms with Crippen molar-refractivity contribution in [3.8, 4) is 5.75 Å². The van der Waals surface area contributed by atoms with Crippen molar-refractivity contribution in [2.75, 3.05) is 19.7 Å². The van der Waals surface area contributed by atoms with Crippen molar-refractivity contribution in [2.45, 2.75) is 13.2 Å². The van der Waals surface area contributed by atoms with E-state index in [0.717, 1.165) is 22.3 Å². The Bertz CT molecular complexity index is 938. The Morgan fingerprint density at radius 2 is 2.30 bits per heavy atom. The highest BCUT2D eigenvalue weighted by molar-refractivity contribution is 7.07. The molecule has 3 heterocycles. The lowest BCUT2D eigenvalue weighted by Crippen LogP contribution is -2.54. The van der Waals surface area contributed by atoms with Gasteiger partial charge in [-0.2, -0.15) is 0 Å². The summed E-state index contributed by atoms with van der Waals surface area (Å²) in [7, 11) is 0. The Morgan fingerprint density at radius 1 is 1.44 bits per heavy atom. The third-order valence-corrected chi connectivity index (χ3v) is 5.45. The van der Waals surface area contributed by atoms with Crippen molar-refractivity contribution in [3.05, 3.63) is 45.5 Å². The van der Waals surface area contributed by atoms with Gasteiger partial charge in [0.25, 0.3) is 0 Å². The Kier molecular flexibility index (Phi) is 5.20. The summed E-state index contributed by atoms with van der Waals surface area (Å²) < 4.78 is 5.77. The number of rotatable bonds is 6. The predicted octanol–water partition coefficient (Wildman–Crippen LogP) is 2.99. The molecule has 0 atom stereocenters. The molecular formula is C18H19ClN4O3S. The van der Waals surface area contributed by atoms with Crippen molar-refractivity contribution in [1.29, 1.82) is 0 Å². The van der Waals surface area contributed by atoms with Gasteiger partial charge in [0, 0.05) is 53.7 Å². The van der Waals surface area contributed by atoms with Gasteiger partial charge in [0.1, 0.15) is 12.4 Å². The number of H-pyrrole nitrogens is 1. The first kappa shape index (κ1) is 18.1. The van der Waals surface area contributed by atoms with E-state index < -0.39 is 0 Å². The summed E-state index contributed by atoms with van der Waals surface area (Å²) in [5.74, 6) is 0.791. The van der Waals surface area contributed by atoms with Gasteiger partial charge in [-0.25, -0.2) is 9.78 Å². The first-order valence-corrected chi connectivity index (χ1v) is 9.89. The Hall–Kier alpha value is -2.29. The number of carbonyl (C=O) groups is 1. The molecule has 7 nitrogen and oxygen atoms in total. The number of carbonyl (C=O) groups excluding carboxylic acids is 1. The van der Waals surface area contributed by atoms with Crippen LogP contribution in [-0.4, -0.2) is 45.7 Å². The van der Waals surface area contributed by atoms with Gasteiger partial charge in [-0.05, 0) is 12.1 Å². The maximum absolute atomic E-state index is 12.1. The van der Waals surface area contributed by atoms with Gasteiger partial charge in [0.15, 0.2) is 0 Å². The molecule has 3 aromatic rings. The highest BCUT2D eigenvalue weighted by Gasteiger charge is 2.29. The largest absolute Gasteiger partial charge is 0.486 e. The van der Waals surface area contributed by atoms with Crippen LogP contribution in [0.3, 0.4) is 0 Å². The van der Waals surface area contributed by atoms with Gasteiger partial charge >= 0.3 is 6.03 Å². The van der Waals surface area contributed by atoms with E-state index >= 15 is 0 Å². The molecule has 1 aliphatic rings. The Balaban J connectivity index is 1.39. The van der Waals surface area contributed by atoms with Crippen LogP contribution in [0.25, 0.3) is 10.9 Å². The summed E-state index contributed by atoms with van der Waals surface area (Å²) in [6.45, 7) is 2.08. The molecule has 9 heteroatoms. The summed E-state index contributed by atoms with van der Waals surface area (Å²) in [4.78, 5) is 21.2. The Labute approximate surface area is 164 Å². The van der Waals surface area contributed by atoms with E-state index in [2.05, 4.69) is 15.3 Å². The number of benzene rings is 1. The van der Waals surface area contributed by atoms with Crippen LogP contribution < -0.4 is 10.1 Å². The van der Waals surface area contributed by atoms with Crippen molar-refractivity contribution in [1.82, 2.24) is 20.2 Å². The molecular weight excluding hydrogens is 388 g/mol. The summed E-state index contributed by atoms with van der Waals surface area (Å²) in [6, 6.07) is 5.54. The minimum atomic E-state index is -0.122. The maximum Gasteiger partial charge on any atom is 0.317 e. The molecule has 0 radical (unpaired) electrons. The standard InChI is InChI=1S/C18H19ClN4O3S/c19-15-2-12-1-13(4-20-18(25)23-5-11(6-23)7-24)22-16(12)3-17(15)26-8-14-9-27-10-21-14/h1-3,9-11,22,24H,4-8H2,(H,20,25). The summed E-state index contributed by atoms with van der Waals surface area (Å²) in [5.41, 5.74) is 4.39. The molecule has 1 fully saturated rings. The van der Waals surface area contributed by atoms with Gasteiger partial charge in [-0.3, -0.25) is 0 Å². The monoisotopic (exact) mass is 406 g/mol. The minimum Gasteiger partial charge on any atom is -0.486 e. The number of urea groups is 1. The maximum atomic E-state index is 12.1. The van der Waals surface area contributed by atoms with Crippen molar-refractivity contribution < 1.29 is 14.6 Å². The lowest BCUT2D eigenvalue weighted by atomic mass is 10.0. The van der Waals surface area contributed by atoms with Crippen LogP contribution in [0.5, 0.6) is 5.75 Å². The molecule has 2 amide bonds. The number of likely N-dealkylation sites (tertiary alicyclic amines) is 1. The fourth-order valence-electron chi connectivity index (χ4n) is 2.99. The molecule has 1 saturated heterocycles. The quantitative estimate of drug-likeness (QED) is 0.587. The lowest BCUT2D eigenvalue weighted by Gasteiger charge is -2.38. The second-order valence-corrected chi connectivity index (χ2v) is 7.67. The summed E-state index contributed by atoms with van der Waals surface area (Å²) >= 11 is 7.84. The number of ether oxygens (including phenoxy) is 1. The SMILES string of the molecule is O=C(NCc1cc2cc(Cl)c(OCc3cscn3)cc2[nH]1)N1CC(CO)C1. The van der Waals surface area contributed by atoms with Gasteiger partial charge in [0.2, 0.25) is 0 Å². The number of thiazole rings is 1. The lowest BCUT2D eigenvalue weighted by molar-refractivity contribution is 0.0774. The number of aliphatic hydroxyl groups is 1. The third-order valence-electron chi connectivity index (χ3n) is 4.52. The van der Waals surface area contributed by atoms with E-state index in [1.54, 1.807) is 10.4 Å². The highest BCUT2D eigenvalue weighted by Crippen LogP contribution is 2.31. The zero-order chi connectivity index (χ0) is 18.8. The first-order valence-electron chi connectivity index (χ1n) is 8.57. The molecule has 142 valence electrons. The topological polar surface area (TPSA) is 90.5 Å². The van der Waals surface area contributed by atoms with E-state index in [1.165, 1.54) is 11.3 Å². The second-order valence-electron chi connectivity index (χ2n) is 6.55. The highest BCUT2D eigenvalue weighted by atomic mass is 35.5. The third kappa shape index (κ3) is 4.02. The average Bonchev–Trinajstić information content (AvgIpc) is 3.26. The number of aliphatic hydroxyl groups excluding tert-OH is 1. The minimum absolute atomic E-state index is 0.122. The van der Waals surface area contributed by atoms with E-state index in [0.29, 0.717) is 37.0 Å².